The van der Waals surface area contributed by atoms with Crippen molar-refractivity contribution in [2.75, 3.05) is 13.1 Å². The van der Waals surface area contributed by atoms with E-state index in [2.05, 4.69) is 6.08 Å². The molecule has 1 atom stereocenters. The monoisotopic (exact) mass is 248 g/mol. The Hall–Kier alpha value is -1.68. The van der Waals surface area contributed by atoms with Gasteiger partial charge >= 0.3 is 0 Å². The minimum Gasteiger partial charge on any atom is -0.368 e. The molecule has 1 aliphatic rings. The van der Waals surface area contributed by atoms with Crippen LogP contribution in [0, 0.1) is 5.82 Å². The van der Waals surface area contributed by atoms with E-state index in [1.807, 2.05) is 11.8 Å². The van der Waals surface area contributed by atoms with E-state index in [-0.39, 0.29) is 17.8 Å². The molecule has 0 saturated carbocycles. The average Bonchev–Trinajstić information content (AvgIpc) is 2.39. The molecule has 0 aliphatic carbocycles. The van der Waals surface area contributed by atoms with Crippen molar-refractivity contribution < 1.29 is 9.18 Å². The maximum atomic E-state index is 12.8. The van der Waals surface area contributed by atoms with Crippen LogP contribution in [0.4, 0.5) is 4.39 Å². The number of halogens is 1. The van der Waals surface area contributed by atoms with Crippen LogP contribution in [-0.2, 0) is 4.79 Å². The Morgan fingerprint density at radius 1 is 1.39 bits per heavy atom. The molecule has 4 heteroatoms. The summed E-state index contributed by atoms with van der Waals surface area (Å²) < 4.78 is 12.8. The molecule has 0 radical (unpaired) electrons. The van der Waals surface area contributed by atoms with Crippen molar-refractivity contribution in [3.05, 3.63) is 41.7 Å². The molecule has 18 heavy (non-hydrogen) atoms. The standard InChI is InChI=1S/C14H17FN2O/c1-10(14(16)18)17-8-6-12(7-9-17)11-2-4-13(15)5-3-11/h2-6,10H,7-9H2,1H3,(H2,16,18)/t10-/m1/s1. The fourth-order valence-corrected chi connectivity index (χ4v) is 2.14. The molecule has 0 unspecified atom stereocenters. The molecule has 1 amide bonds. The molecular weight excluding hydrogens is 231 g/mol. The van der Waals surface area contributed by atoms with Crippen LogP contribution < -0.4 is 5.73 Å². The molecule has 3 nitrogen and oxygen atoms in total. The topological polar surface area (TPSA) is 46.3 Å². The predicted octanol–water partition coefficient (Wildman–Crippen LogP) is 1.79. The minimum absolute atomic E-state index is 0.223. The van der Waals surface area contributed by atoms with Gasteiger partial charge in [0.05, 0.1) is 6.04 Å². The highest BCUT2D eigenvalue weighted by Crippen LogP contribution is 2.23. The molecule has 1 aromatic rings. The van der Waals surface area contributed by atoms with Crippen LogP contribution in [-0.4, -0.2) is 29.9 Å². The lowest BCUT2D eigenvalue weighted by Crippen LogP contribution is -2.44. The van der Waals surface area contributed by atoms with Gasteiger partial charge in [-0.05, 0) is 36.6 Å². The number of hydrogen-bond acceptors (Lipinski definition) is 2. The second-order valence-electron chi connectivity index (χ2n) is 4.56. The van der Waals surface area contributed by atoms with Gasteiger partial charge in [0, 0.05) is 13.1 Å². The first-order valence-electron chi connectivity index (χ1n) is 6.06. The summed E-state index contributed by atoms with van der Waals surface area (Å²) >= 11 is 0. The van der Waals surface area contributed by atoms with E-state index in [9.17, 15) is 9.18 Å². The van der Waals surface area contributed by atoms with E-state index in [0.717, 1.165) is 18.5 Å². The number of rotatable bonds is 3. The Labute approximate surface area is 106 Å². The van der Waals surface area contributed by atoms with Crippen molar-refractivity contribution in [2.24, 2.45) is 5.73 Å². The predicted molar refractivity (Wildman–Crippen MR) is 69.2 cm³/mol. The molecule has 96 valence electrons. The van der Waals surface area contributed by atoms with Gasteiger partial charge < -0.3 is 5.73 Å². The summed E-state index contributed by atoms with van der Waals surface area (Å²) in [6, 6.07) is 6.27. The van der Waals surface area contributed by atoms with Gasteiger partial charge in [-0.2, -0.15) is 0 Å². The van der Waals surface area contributed by atoms with E-state index in [0.29, 0.717) is 6.54 Å². The van der Waals surface area contributed by atoms with E-state index >= 15 is 0 Å². The molecule has 0 aromatic heterocycles. The Morgan fingerprint density at radius 3 is 2.56 bits per heavy atom. The Bertz CT molecular complexity index is 467. The van der Waals surface area contributed by atoms with Crippen LogP contribution in [0.25, 0.3) is 5.57 Å². The van der Waals surface area contributed by atoms with Gasteiger partial charge in [0.2, 0.25) is 5.91 Å². The number of amides is 1. The maximum Gasteiger partial charge on any atom is 0.234 e. The van der Waals surface area contributed by atoms with E-state index < -0.39 is 0 Å². The zero-order chi connectivity index (χ0) is 13.1. The quantitative estimate of drug-likeness (QED) is 0.886. The van der Waals surface area contributed by atoms with Gasteiger partial charge in [-0.15, -0.1) is 0 Å². The minimum atomic E-state index is -0.298. The SMILES string of the molecule is C[C@H](C(N)=O)N1CC=C(c2ccc(F)cc2)CC1. The van der Waals surface area contributed by atoms with Crippen molar-refractivity contribution in [3.8, 4) is 0 Å². The number of hydrogen-bond donors (Lipinski definition) is 1. The fraction of sp³-hybridized carbons (Fsp3) is 0.357. The van der Waals surface area contributed by atoms with E-state index in [1.54, 1.807) is 12.1 Å². The molecule has 1 aromatic carbocycles. The fourth-order valence-electron chi connectivity index (χ4n) is 2.14. The highest BCUT2D eigenvalue weighted by atomic mass is 19.1. The lowest BCUT2D eigenvalue weighted by Gasteiger charge is -2.30. The second-order valence-corrected chi connectivity index (χ2v) is 4.56. The third-order valence-corrected chi connectivity index (χ3v) is 3.42. The first-order valence-corrected chi connectivity index (χ1v) is 6.06. The zero-order valence-electron chi connectivity index (χ0n) is 10.4. The molecule has 0 spiro atoms. The maximum absolute atomic E-state index is 12.8. The number of carbonyl (C=O) groups is 1. The number of benzene rings is 1. The van der Waals surface area contributed by atoms with Crippen LogP contribution in [0.1, 0.15) is 18.9 Å². The smallest absolute Gasteiger partial charge is 0.234 e. The summed E-state index contributed by atoms with van der Waals surface area (Å²) in [5.74, 6) is -0.521. The van der Waals surface area contributed by atoms with Gasteiger partial charge in [-0.25, -0.2) is 4.39 Å². The zero-order valence-corrected chi connectivity index (χ0v) is 10.4. The van der Waals surface area contributed by atoms with Gasteiger partial charge in [0.15, 0.2) is 0 Å². The molecule has 0 bridgehead atoms. The summed E-state index contributed by atoms with van der Waals surface area (Å²) in [6.45, 7) is 3.32. The second kappa shape index (κ2) is 5.31. The summed E-state index contributed by atoms with van der Waals surface area (Å²) in [6.07, 6.45) is 2.93. The third kappa shape index (κ3) is 2.76. The lowest BCUT2D eigenvalue weighted by atomic mass is 9.99. The van der Waals surface area contributed by atoms with E-state index in [1.165, 1.54) is 17.7 Å². The molecule has 2 rings (SSSR count). The van der Waals surface area contributed by atoms with Crippen LogP contribution in [0.5, 0.6) is 0 Å². The normalized spacial score (nSPS) is 18.2. The van der Waals surface area contributed by atoms with Gasteiger partial charge in [0.25, 0.3) is 0 Å². The van der Waals surface area contributed by atoms with Crippen LogP contribution in [0.15, 0.2) is 30.3 Å². The van der Waals surface area contributed by atoms with Gasteiger partial charge in [-0.1, -0.05) is 18.2 Å². The Balaban J connectivity index is 2.07. The summed E-state index contributed by atoms with van der Waals surface area (Å²) in [4.78, 5) is 13.1. The van der Waals surface area contributed by atoms with Crippen molar-refractivity contribution in [2.45, 2.75) is 19.4 Å². The number of primary amides is 1. The molecular formula is C14H17FN2O. The average molecular weight is 248 g/mol. The molecule has 2 N–H and O–H groups in total. The molecule has 0 fully saturated rings. The van der Waals surface area contributed by atoms with Gasteiger partial charge in [-0.3, -0.25) is 9.69 Å². The van der Waals surface area contributed by atoms with Crippen molar-refractivity contribution in [1.82, 2.24) is 4.90 Å². The number of nitrogens with two attached hydrogens (primary N) is 1. The van der Waals surface area contributed by atoms with Crippen LogP contribution in [0.2, 0.25) is 0 Å². The number of nitrogens with zero attached hydrogens (tertiary/aromatic N) is 1. The molecule has 1 heterocycles. The molecule has 1 aliphatic heterocycles. The van der Waals surface area contributed by atoms with Crippen molar-refractivity contribution in [1.29, 1.82) is 0 Å². The van der Waals surface area contributed by atoms with Crippen LogP contribution >= 0.6 is 0 Å². The first-order chi connectivity index (χ1) is 8.58. The lowest BCUT2D eigenvalue weighted by molar-refractivity contribution is -0.122. The number of carbonyl (C=O) groups excluding carboxylic acids is 1. The van der Waals surface area contributed by atoms with Crippen LogP contribution in [0.3, 0.4) is 0 Å². The summed E-state index contributed by atoms with van der Waals surface area (Å²) in [7, 11) is 0. The van der Waals surface area contributed by atoms with Gasteiger partial charge in [0.1, 0.15) is 5.82 Å². The Kier molecular flexibility index (Phi) is 3.77. The largest absolute Gasteiger partial charge is 0.368 e. The Morgan fingerprint density at radius 2 is 2.06 bits per heavy atom. The third-order valence-electron chi connectivity index (χ3n) is 3.42. The van der Waals surface area contributed by atoms with Crippen molar-refractivity contribution in [3.63, 3.8) is 0 Å². The first kappa shape index (κ1) is 12.8. The summed E-state index contributed by atoms with van der Waals surface area (Å²) in [5, 5.41) is 0. The summed E-state index contributed by atoms with van der Waals surface area (Å²) in [5.41, 5.74) is 7.53. The van der Waals surface area contributed by atoms with E-state index in [4.69, 9.17) is 5.73 Å². The molecule has 0 saturated heterocycles. The van der Waals surface area contributed by atoms with Crippen molar-refractivity contribution >= 4 is 11.5 Å². The highest BCUT2D eigenvalue weighted by molar-refractivity contribution is 5.79. The highest BCUT2D eigenvalue weighted by Gasteiger charge is 2.21.